The van der Waals surface area contributed by atoms with Crippen LogP contribution in [-0.2, 0) is 16.1 Å². The maximum atomic E-state index is 12.0. The molecular formula is C17H22N2O4. The number of oxazole rings is 1. The maximum Gasteiger partial charge on any atom is 0.323 e. The van der Waals surface area contributed by atoms with Gasteiger partial charge >= 0.3 is 5.97 Å². The normalized spacial score (nSPS) is 19.0. The van der Waals surface area contributed by atoms with E-state index in [1.54, 1.807) is 0 Å². The molecule has 1 aliphatic rings. The SMILES string of the molecule is COC(=O)[C@@H]1CCCCN1Cc1nc(-c2ccc(C)o2)oc1C. The van der Waals surface area contributed by atoms with Gasteiger partial charge in [0.1, 0.15) is 17.6 Å². The highest BCUT2D eigenvalue weighted by molar-refractivity contribution is 5.75. The van der Waals surface area contributed by atoms with Crippen molar-refractivity contribution >= 4 is 5.97 Å². The van der Waals surface area contributed by atoms with Crippen LogP contribution in [0.1, 0.15) is 36.5 Å². The maximum absolute atomic E-state index is 12.0. The number of hydrogen-bond donors (Lipinski definition) is 0. The molecule has 0 N–H and O–H groups in total. The van der Waals surface area contributed by atoms with Crippen LogP contribution >= 0.6 is 0 Å². The number of aromatic nitrogens is 1. The van der Waals surface area contributed by atoms with E-state index in [1.165, 1.54) is 7.11 Å². The van der Waals surface area contributed by atoms with Gasteiger partial charge in [-0.1, -0.05) is 6.42 Å². The van der Waals surface area contributed by atoms with Gasteiger partial charge in [-0.25, -0.2) is 4.98 Å². The van der Waals surface area contributed by atoms with E-state index < -0.39 is 0 Å². The topological polar surface area (TPSA) is 68.7 Å². The van der Waals surface area contributed by atoms with Gasteiger partial charge in [-0.05, 0) is 45.4 Å². The number of esters is 1. The molecule has 0 aromatic carbocycles. The highest BCUT2D eigenvalue weighted by atomic mass is 16.5. The smallest absolute Gasteiger partial charge is 0.323 e. The van der Waals surface area contributed by atoms with Gasteiger partial charge in [0.2, 0.25) is 0 Å². The molecule has 2 aromatic heterocycles. The van der Waals surface area contributed by atoms with Gasteiger partial charge in [-0.2, -0.15) is 0 Å². The van der Waals surface area contributed by atoms with Crippen LogP contribution in [0.25, 0.3) is 11.7 Å². The van der Waals surface area contributed by atoms with Crippen molar-refractivity contribution in [2.75, 3.05) is 13.7 Å². The Morgan fingerprint density at radius 3 is 2.87 bits per heavy atom. The Hall–Kier alpha value is -2.08. The zero-order valence-corrected chi connectivity index (χ0v) is 13.8. The van der Waals surface area contributed by atoms with Crippen LogP contribution < -0.4 is 0 Å². The standard InChI is InChI=1S/C17H22N2O4/c1-11-7-8-15(22-11)16-18-13(12(2)23-16)10-19-9-5-4-6-14(19)17(20)21-3/h7-8,14H,4-6,9-10H2,1-3H3/t14-/m0/s1. The first-order valence-electron chi connectivity index (χ1n) is 7.93. The molecule has 3 heterocycles. The third-order valence-corrected chi connectivity index (χ3v) is 4.28. The third-order valence-electron chi connectivity index (χ3n) is 4.28. The molecule has 0 spiro atoms. The van der Waals surface area contributed by atoms with E-state index in [9.17, 15) is 4.79 Å². The molecule has 1 saturated heterocycles. The second kappa shape index (κ2) is 6.58. The minimum absolute atomic E-state index is 0.173. The third kappa shape index (κ3) is 3.32. The molecule has 0 unspecified atom stereocenters. The summed E-state index contributed by atoms with van der Waals surface area (Å²) in [4.78, 5) is 18.6. The van der Waals surface area contributed by atoms with E-state index in [0.717, 1.165) is 43.0 Å². The van der Waals surface area contributed by atoms with E-state index in [2.05, 4.69) is 9.88 Å². The molecular weight excluding hydrogens is 296 g/mol. The first-order valence-corrected chi connectivity index (χ1v) is 7.93. The molecule has 6 nitrogen and oxygen atoms in total. The quantitative estimate of drug-likeness (QED) is 0.807. The predicted octanol–water partition coefficient (Wildman–Crippen LogP) is 3.08. The Morgan fingerprint density at radius 1 is 1.35 bits per heavy atom. The summed E-state index contributed by atoms with van der Waals surface area (Å²) in [6.07, 6.45) is 2.95. The van der Waals surface area contributed by atoms with E-state index in [-0.39, 0.29) is 12.0 Å². The summed E-state index contributed by atoms with van der Waals surface area (Å²) < 4.78 is 16.2. The van der Waals surface area contributed by atoms with Gasteiger partial charge in [0, 0.05) is 6.54 Å². The number of carbonyl (C=O) groups is 1. The number of carbonyl (C=O) groups excluding carboxylic acids is 1. The van der Waals surface area contributed by atoms with E-state index >= 15 is 0 Å². The second-order valence-electron chi connectivity index (χ2n) is 5.94. The van der Waals surface area contributed by atoms with Crippen molar-refractivity contribution in [2.45, 2.75) is 45.7 Å². The van der Waals surface area contributed by atoms with Crippen LogP contribution in [0.4, 0.5) is 0 Å². The van der Waals surface area contributed by atoms with E-state index in [4.69, 9.17) is 13.6 Å². The molecule has 2 aromatic rings. The van der Waals surface area contributed by atoms with Crippen LogP contribution in [0.5, 0.6) is 0 Å². The molecule has 1 atom stereocenters. The summed E-state index contributed by atoms with van der Waals surface area (Å²) in [7, 11) is 1.44. The number of aryl methyl sites for hydroxylation is 2. The van der Waals surface area contributed by atoms with Gasteiger partial charge in [0.05, 0.1) is 12.8 Å². The molecule has 23 heavy (non-hydrogen) atoms. The lowest BCUT2D eigenvalue weighted by Gasteiger charge is -2.33. The number of methoxy groups -OCH3 is 1. The molecule has 0 saturated carbocycles. The number of piperidine rings is 1. The average Bonchev–Trinajstić information content (AvgIpc) is 3.14. The van der Waals surface area contributed by atoms with Crippen LogP contribution in [0.15, 0.2) is 21.0 Å². The molecule has 1 aliphatic heterocycles. The number of hydrogen-bond acceptors (Lipinski definition) is 6. The molecule has 0 amide bonds. The number of furan rings is 1. The van der Waals surface area contributed by atoms with Crippen LogP contribution in [0.2, 0.25) is 0 Å². The summed E-state index contributed by atoms with van der Waals surface area (Å²) in [6, 6.07) is 3.54. The summed E-state index contributed by atoms with van der Waals surface area (Å²) in [6.45, 7) is 5.21. The Balaban J connectivity index is 1.79. The van der Waals surface area contributed by atoms with Crippen molar-refractivity contribution < 1.29 is 18.4 Å². The fourth-order valence-electron chi connectivity index (χ4n) is 3.01. The molecule has 6 heteroatoms. The van der Waals surface area contributed by atoms with Gasteiger partial charge in [0.25, 0.3) is 5.89 Å². The minimum Gasteiger partial charge on any atom is -0.468 e. The number of nitrogens with zero attached hydrogens (tertiary/aromatic N) is 2. The Bertz CT molecular complexity index is 689. The lowest BCUT2D eigenvalue weighted by atomic mass is 10.0. The van der Waals surface area contributed by atoms with E-state index in [0.29, 0.717) is 18.2 Å². The summed E-state index contributed by atoms with van der Waals surface area (Å²) in [5, 5.41) is 0. The zero-order chi connectivity index (χ0) is 16.4. The minimum atomic E-state index is -0.195. The summed E-state index contributed by atoms with van der Waals surface area (Å²) >= 11 is 0. The fourth-order valence-corrected chi connectivity index (χ4v) is 3.01. The van der Waals surface area contributed by atoms with Crippen molar-refractivity contribution in [1.82, 2.24) is 9.88 Å². The summed E-state index contributed by atoms with van der Waals surface area (Å²) in [5.41, 5.74) is 0.838. The largest absolute Gasteiger partial charge is 0.468 e. The second-order valence-corrected chi connectivity index (χ2v) is 5.94. The van der Waals surface area contributed by atoms with Crippen molar-refractivity contribution in [1.29, 1.82) is 0 Å². The van der Waals surface area contributed by atoms with E-state index in [1.807, 2.05) is 26.0 Å². The number of rotatable bonds is 4. The molecule has 1 fully saturated rings. The lowest BCUT2D eigenvalue weighted by molar-refractivity contribution is -0.148. The number of ether oxygens (including phenoxy) is 1. The monoisotopic (exact) mass is 318 g/mol. The predicted molar refractivity (Wildman–Crippen MR) is 83.7 cm³/mol. The molecule has 0 aliphatic carbocycles. The zero-order valence-electron chi connectivity index (χ0n) is 13.8. The van der Waals surface area contributed by atoms with Gasteiger partial charge < -0.3 is 13.6 Å². The fraction of sp³-hybridized carbons (Fsp3) is 0.529. The van der Waals surface area contributed by atoms with Crippen molar-refractivity contribution in [2.24, 2.45) is 0 Å². The Morgan fingerprint density at radius 2 is 2.17 bits per heavy atom. The Labute approximate surface area is 135 Å². The summed E-state index contributed by atoms with van der Waals surface area (Å²) in [5.74, 6) is 2.51. The molecule has 124 valence electrons. The van der Waals surface area contributed by atoms with Crippen LogP contribution in [0.3, 0.4) is 0 Å². The first-order chi connectivity index (χ1) is 11.1. The molecule has 0 radical (unpaired) electrons. The van der Waals surface area contributed by atoms with Crippen LogP contribution in [0, 0.1) is 13.8 Å². The highest BCUT2D eigenvalue weighted by Crippen LogP contribution is 2.26. The first kappa shape index (κ1) is 15.8. The van der Waals surface area contributed by atoms with Gasteiger partial charge in [0.15, 0.2) is 5.76 Å². The molecule has 0 bridgehead atoms. The molecule has 3 rings (SSSR count). The van der Waals surface area contributed by atoms with Crippen LogP contribution in [-0.4, -0.2) is 35.5 Å². The lowest BCUT2D eigenvalue weighted by Crippen LogP contribution is -2.44. The Kier molecular flexibility index (Phi) is 4.52. The average molecular weight is 318 g/mol. The van der Waals surface area contributed by atoms with Crippen molar-refractivity contribution in [3.8, 4) is 11.7 Å². The van der Waals surface area contributed by atoms with Crippen molar-refractivity contribution in [3.63, 3.8) is 0 Å². The van der Waals surface area contributed by atoms with Crippen molar-refractivity contribution in [3.05, 3.63) is 29.3 Å². The van der Waals surface area contributed by atoms with Gasteiger partial charge in [-0.15, -0.1) is 0 Å². The highest BCUT2D eigenvalue weighted by Gasteiger charge is 2.30. The number of likely N-dealkylation sites (tertiary alicyclic amines) is 1. The van der Waals surface area contributed by atoms with Gasteiger partial charge in [-0.3, -0.25) is 9.69 Å².